The Bertz CT molecular complexity index is 113. The maximum Gasteiger partial charge on any atom is 0.407 e. The van der Waals surface area contributed by atoms with Crippen LogP contribution in [0, 0.1) is 5.92 Å². The van der Waals surface area contributed by atoms with Gasteiger partial charge in [0.2, 0.25) is 0 Å². The smallest absolute Gasteiger partial charge is 0.407 e. The van der Waals surface area contributed by atoms with Gasteiger partial charge in [-0.15, -0.1) is 0 Å². The van der Waals surface area contributed by atoms with Gasteiger partial charge in [-0.25, -0.2) is 4.79 Å². The van der Waals surface area contributed by atoms with E-state index in [1.807, 2.05) is 20.8 Å². The van der Waals surface area contributed by atoms with Crippen molar-refractivity contribution in [3.63, 3.8) is 0 Å². The average molecular weight is 159 g/mol. The molecule has 0 saturated heterocycles. The topological polar surface area (TPSA) is 38.3 Å². The van der Waals surface area contributed by atoms with Crippen LogP contribution in [-0.2, 0) is 4.74 Å². The highest BCUT2D eigenvalue weighted by Gasteiger charge is 2.00. The van der Waals surface area contributed by atoms with E-state index >= 15 is 0 Å². The second-order valence-corrected chi connectivity index (χ2v) is 2.92. The van der Waals surface area contributed by atoms with Crippen molar-refractivity contribution in [2.24, 2.45) is 5.92 Å². The minimum Gasteiger partial charge on any atom is -0.449 e. The van der Waals surface area contributed by atoms with Crippen LogP contribution in [0.5, 0.6) is 0 Å². The molecule has 0 aliphatic carbocycles. The number of ether oxygens (including phenoxy) is 1. The second-order valence-electron chi connectivity index (χ2n) is 2.92. The van der Waals surface area contributed by atoms with Crippen LogP contribution >= 0.6 is 0 Å². The third kappa shape index (κ3) is 7.16. The van der Waals surface area contributed by atoms with Gasteiger partial charge < -0.3 is 10.1 Å². The molecule has 0 radical (unpaired) electrons. The Kier molecular flexibility index (Phi) is 5.61. The normalized spacial score (nSPS) is 9.82. The third-order valence-corrected chi connectivity index (χ3v) is 1.07. The van der Waals surface area contributed by atoms with Crippen molar-refractivity contribution in [3.8, 4) is 0 Å². The lowest BCUT2D eigenvalue weighted by Crippen LogP contribution is -2.26. The molecule has 1 amide bonds. The number of hydrogen-bond donors (Lipinski definition) is 1. The molecule has 3 nitrogen and oxygen atoms in total. The van der Waals surface area contributed by atoms with E-state index in [0.29, 0.717) is 19.1 Å². The van der Waals surface area contributed by atoms with Crippen molar-refractivity contribution in [2.45, 2.75) is 27.2 Å². The maximum absolute atomic E-state index is 10.8. The summed E-state index contributed by atoms with van der Waals surface area (Å²) in [5, 5.41) is 2.63. The number of nitrogens with one attached hydrogen (secondary N) is 1. The molecule has 66 valence electrons. The fraction of sp³-hybridized carbons (Fsp3) is 0.875. The van der Waals surface area contributed by atoms with Crippen molar-refractivity contribution in [1.29, 1.82) is 0 Å². The molecule has 0 aromatic heterocycles. The zero-order valence-corrected chi connectivity index (χ0v) is 7.52. The lowest BCUT2D eigenvalue weighted by Gasteiger charge is -2.07. The predicted octanol–water partition coefficient (Wildman–Crippen LogP) is 1.78. The first-order valence-electron chi connectivity index (χ1n) is 4.07. The van der Waals surface area contributed by atoms with Crippen LogP contribution in [0.3, 0.4) is 0 Å². The molecule has 0 bridgehead atoms. The van der Waals surface area contributed by atoms with Gasteiger partial charge in [0, 0.05) is 6.54 Å². The zero-order chi connectivity index (χ0) is 8.69. The molecule has 0 aromatic carbocycles. The number of alkyl carbamates (subject to hydrolysis) is 1. The Morgan fingerprint density at radius 3 is 2.64 bits per heavy atom. The summed E-state index contributed by atoms with van der Waals surface area (Å²) in [4.78, 5) is 10.8. The van der Waals surface area contributed by atoms with E-state index in [0.717, 1.165) is 6.42 Å². The summed E-state index contributed by atoms with van der Waals surface area (Å²) in [5.41, 5.74) is 0. The Balaban J connectivity index is 3.23. The number of amides is 1. The molecule has 0 heterocycles. The Labute approximate surface area is 68.1 Å². The second kappa shape index (κ2) is 6.01. The lowest BCUT2D eigenvalue weighted by atomic mass is 10.2. The number of rotatable bonds is 4. The highest BCUT2D eigenvalue weighted by molar-refractivity contribution is 5.66. The molecule has 0 aromatic rings. The van der Waals surface area contributed by atoms with Crippen LogP contribution in [0.1, 0.15) is 27.2 Å². The molecule has 0 atom stereocenters. The molecule has 0 saturated carbocycles. The van der Waals surface area contributed by atoms with E-state index in [-0.39, 0.29) is 6.09 Å². The first-order valence-corrected chi connectivity index (χ1v) is 4.07. The van der Waals surface area contributed by atoms with Gasteiger partial charge in [0.15, 0.2) is 0 Å². The minimum atomic E-state index is -0.305. The van der Waals surface area contributed by atoms with Crippen molar-refractivity contribution in [2.75, 3.05) is 13.2 Å². The van der Waals surface area contributed by atoms with E-state index in [2.05, 4.69) is 5.32 Å². The summed E-state index contributed by atoms with van der Waals surface area (Å²) in [5.74, 6) is 0.405. The van der Waals surface area contributed by atoms with Gasteiger partial charge in [-0.2, -0.15) is 0 Å². The van der Waals surface area contributed by atoms with Crippen molar-refractivity contribution < 1.29 is 9.53 Å². The molecule has 3 heteroatoms. The maximum atomic E-state index is 10.8. The molecule has 0 fully saturated rings. The predicted molar refractivity (Wildman–Crippen MR) is 44.5 cm³/mol. The van der Waals surface area contributed by atoms with Gasteiger partial charge in [-0.05, 0) is 12.3 Å². The van der Waals surface area contributed by atoms with Crippen molar-refractivity contribution in [3.05, 3.63) is 0 Å². The van der Waals surface area contributed by atoms with Gasteiger partial charge in [-0.1, -0.05) is 20.8 Å². The minimum absolute atomic E-state index is 0.305. The van der Waals surface area contributed by atoms with Gasteiger partial charge in [0.25, 0.3) is 0 Å². The van der Waals surface area contributed by atoms with Gasteiger partial charge >= 0.3 is 6.09 Å². The quantitative estimate of drug-likeness (QED) is 0.679. The van der Waals surface area contributed by atoms with E-state index < -0.39 is 0 Å². The summed E-state index contributed by atoms with van der Waals surface area (Å²) in [6, 6.07) is 0. The Morgan fingerprint density at radius 2 is 2.18 bits per heavy atom. The molecular formula is C8H17NO2. The molecule has 0 rings (SSSR count). The van der Waals surface area contributed by atoms with E-state index in [1.54, 1.807) is 0 Å². The molecule has 0 unspecified atom stereocenters. The molecule has 0 spiro atoms. The highest BCUT2D eigenvalue weighted by atomic mass is 16.5. The summed E-state index contributed by atoms with van der Waals surface area (Å²) in [6.07, 6.45) is 0.636. The SMILES string of the molecule is CCCNC(=O)OCC(C)C. The summed E-state index contributed by atoms with van der Waals surface area (Å²) >= 11 is 0. The average Bonchev–Trinajstić information content (AvgIpc) is 1.97. The van der Waals surface area contributed by atoms with E-state index in [1.165, 1.54) is 0 Å². The monoisotopic (exact) mass is 159 g/mol. The van der Waals surface area contributed by atoms with Crippen LogP contribution < -0.4 is 5.32 Å². The van der Waals surface area contributed by atoms with Crippen LogP contribution in [0.2, 0.25) is 0 Å². The molecule has 1 N–H and O–H groups in total. The summed E-state index contributed by atoms with van der Waals surface area (Å²) < 4.78 is 4.86. The largest absolute Gasteiger partial charge is 0.449 e. The third-order valence-electron chi connectivity index (χ3n) is 1.07. The molecule has 0 aliphatic rings. The molecular weight excluding hydrogens is 142 g/mol. The first kappa shape index (κ1) is 10.3. The van der Waals surface area contributed by atoms with Crippen molar-refractivity contribution >= 4 is 6.09 Å². The standard InChI is InChI=1S/C8H17NO2/c1-4-5-9-8(10)11-6-7(2)3/h7H,4-6H2,1-3H3,(H,9,10). The Hall–Kier alpha value is -0.730. The van der Waals surface area contributed by atoms with E-state index in [9.17, 15) is 4.79 Å². The number of carbonyl (C=O) groups is 1. The molecule has 0 aliphatic heterocycles. The van der Waals surface area contributed by atoms with Gasteiger partial charge in [-0.3, -0.25) is 0 Å². The Morgan fingerprint density at radius 1 is 1.55 bits per heavy atom. The fourth-order valence-electron chi connectivity index (χ4n) is 0.520. The molecule has 11 heavy (non-hydrogen) atoms. The van der Waals surface area contributed by atoms with Crippen molar-refractivity contribution in [1.82, 2.24) is 5.32 Å². The lowest BCUT2D eigenvalue weighted by molar-refractivity contribution is 0.133. The number of carbonyl (C=O) groups excluding carboxylic acids is 1. The summed E-state index contributed by atoms with van der Waals surface area (Å²) in [7, 11) is 0. The van der Waals surface area contributed by atoms with Gasteiger partial charge in [0.05, 0.1) is 6.61 Å². The van der Waals surface area contributed by atoms with Crippen LogP contribution in [-0.4, -0.2) is 19.2 Å². The number of hydrogen-bond acceptors (Lipinski definition) is 2. The zero-order valence-electron chi connectivity index (χ0n) is 7.52. The van der Waals surface area contributed by atoms with Crippen LogP contribution in [0.25, 0.3) is 0 Å². The summed E-state index contributed by atoms with van der Waals surface area (Å²) in [6.45, 7) is 7.20. The van der Waals surface area contributed by atoms with Crippen LogP contribution in [0.4, 0.5) is 4.79 Å². The van der Waals surface area contributed by atoms with Gasteiger partial charge in [0.1, 0.15) is 0 Å². The first-order chi connectivity index (χ1) is 5.16. The fourth-order valence-corrected chi connectivity index (χ4v) is 0.520. The van der Waals surface area contributed by atoms with Crippen LogP contribution in [0.15, 0.2) is 0 Å². The highest BCUT2D eigenvalue weighted by Crippen LogP contribution is 1.92. The van der Waals surface area contributed by atoms with E-state index in [4.69, 9.17) is 4.74 Å².